The number of fused-ring (bicyclic) bond motifs is 1. The van der Waals surface area contributed by atoms with Gasteiger partial charge >= 0.3 is 6.03 Å². The molecule has 1 atom stereocenters. The molecule has 5 nitrogen and oxygen atoms in total. The van der Waals surface area contributed by atoms with Crippen molar-refractivity contribution in [3.05, 3.63) is 65.7 Å². The van der Waals surface area contributed by atoms with Crippen LogP contribution in [0.15, 0.2) is 52.9 Å². The third-order valence-corrected chi connectivity index (χ3v) is 4.10. The number of hydrogen-bond acceptors (Lipinski definition) is 3. The number of hydrogen-bond donors (Lipinski definition) is 1. The van der Waals surface area contributed by atoms with E-state index in [1.165, 1.54) is 17.0 Å². The molecule has 0 fully saturated rings. The fraction of sp³-hybridized carbons (Fsp3) is 0.158. The van der Waals surface area contributed by atoms with Crippen molar-refractivity contribution in [3.63, 3.8) is 0 Å². The molecule has 1 unspecified atom stereocenters. The van der Waals surface area contributed by atoms with Crippen LogP contribution in [0.4, 0.5) is 14.9 Å². The van der Waals surface area contributed by atoms with E-state index in [9.17, 15) is 9.18 Å². The molecular weight excluding hydrogens is 321 g/mol. The van der Waals surface area contributed by atoms with Crippen LogP contribution in [0, 0.1) is 17.1 Å². The average Bonchev–Trinajstić information content (AvgIpc) is 3.05. The number of nitriles is 1. The van der Waals surface area contributed by atoms with Crippen LogP contribution in [0.5, 0.6) is 0 Å². The number of para-hydroxylation sites is 1. The lowest BCUT2D eigenvalue weighted by molar-refractivity contribution is 0.201. The average molecular weight is 337 g/mol. The van der Waals surface area contributed by atoms with Gasteiger partial charge in [-0.1, -0.05) is 18.2 Å². The normalized spacial score (nSPS) is 11.8. The van der Waals surface area contributed by atoms with Gasteiger partial charge in [-0.3, -0.25) is 0 Å². The highest BCUT2D eigenvalue weighted by atomic mass is 19.1. The molecule has 3 aromatic rings. The topological polar surface area (TPSA) is 69.3 Å². The van der Waals surface area contributed by atoms with Crippen molar-refractivity contribution in [3.8, 4) is 6.07 Å². The second kappa shape index (κ2) is 6.65. The van der Waals surface area contributed by atoms with E-state index in [0.29, 0.717) is 5.76 Å². The van der Waals surface area contributed by atoms with E-state index < -0.39 is 11.8 Å². The molecule has 0 aliphatic heterocycles. The number of furan rings is 1. The van der Waals surface area contributed by atoms with Crippen molar-refractivity contribution in [2.75, 3.05) is 12.4 Å². The highest BCUT2D eigenvalue weighted by Gasteiger charge is 2.21. The molecule has 0 saturated carbocycles. The van der Waals surface area contributed by atoms with E-state index in [1.807, 2.05) is 43.3 Å². The van der Waals surface area contributed by atoms with Gasteiger partial charge < -0.3 is 14.6 Å². The van der Waals surface area contributed by atoms with Crippen molar-refractivity contribution in [1.29, 1.82) is 5.26 Å². The Morgan fingerprint density at radius 1 is 1.28 bits per heavy atom. The van der Waals surface area contributed by atoms with Gasteiger partial charge in [-0.2, -0.15) is 5.26 Å². The zero-order chi connectivity index (χ0) is 18.0. The fourth-order valence-electron chi connectivity index (χ4n) is 2.50. The molecule has 0 spiro atoms. The van der Waals surface area contributed by atoms with E-state index in [-0.39, 0.29) is 17.3 Å². The molecule has 0 saturated heterocycles. The molecule has 25 heavy (non-hydrogen) atoms. The molecule has 3 rings (SSSR count). The predicted molar refractivity (Wildman–Crippen MR) is 92.5 cm³/mol. The standard InChI is InChI=1S/C19H16FN3O2/c1-12(18-10-13-5-3-4-6-17(13)25-18)23(2)19(24)22-16-8-7-15(20)9-14(16)11-21/h3-10,12H,1-2H3,(H,22,24). The van der Waals surface area contributed by atoms with E-state index in [1.54, 1.807) is 7.05 Å². The number of rotatable bonds is 3. The van der Waals surface area contributed by atoms with Gasteiger partial charge in [0.1, 0.15) is 23.2 Å². The minimum absolute atomic E-state index is 0.0677. The highest BCUT2D eigenvalue weighted by Crippen LogP contribution is 2.27. The molecule has 0 radical (unpaired) electrons. The van der Waals surface area contributed by atoms with E-state index in [0.717, 1.165) is 17.0 Å². The second-order valence-electron chi connectivity index (χ2n) is 5.71. The number of carbonyl (C=O) groups is 1. The summed E-state index contributed by atoms with van der Waals surface area (Å²) in [5, 5.41) is 12.7. The van der Waals surface area contributed by atoms with Crippen LogP contribution < -0.4 is 5.32 Å². The first kappa shape index (κ1) is 16.5. The van der Waals surface area contributed by atoms with Gasteiger partial charge in [-0.05, 0) is 37.3 Å². The molecule has 0 bridgehead atoms. The van der Waals surface area contributed by atoms with Crippen LogP contribution in [-0.4, -0.2) is 18.0 Å². The number of halogens is 1. The maximum Gasteiger partial charge on any atom is 0.322 e. The van der Waals surface area contributed by atoms with Gasteiger partial charge in [-0.15, -0.1) is 0 Å². The van der Waals surface area contributed by atoms with Crippen LogP contribution in [0.1, 0.15) is 24.3 Å². The maximum absolute atomic E-state index is 13.2. The number of benzene rings is 2. The van der Waals surface area contributed by atoms with E-state index in [2.05, 4.69) is 5.32 Å². The van der Waals surface area contributed by atoms with Crippen molar-refractivity contribution in [1.82, 2.24) is 4.90 Å². The van der Waals surface area contributed by atoms with Crippen LogP contribution in [-0.2, 0) is 0 Å². The first-order chi connectivity index (χ1) is 12.0. The Hall–Kier alpha value is -3.33. The Morgan fingerprint density at radius 2 is 2.04 bits per heavy atom. The number of urea groups is 1. The Kier molecular flexibility index (Phi) is 4.40. The molecule has 1 aromatic heterocycles. The quantitative estimate of drug-likeness (QED) is 0.755. The fourth-order valence-corrected chi connectivity index (χ4v) is 2.50. The Labute approximate surface area is 144 Å². The predicted octanol–water partition coefficient (Wildman–Crippen LogP) is 4.67. The lowest BCUT2D eigenvalue weighted by Gasteiger charge is -2.23. The second-order valence-corrected chi connectivity index (χ2v) is 5.71. The lowest BCUT2D eigenvalue weighted by atomic mass is 10.2. The molecule has 1 heterocycles. The van der Waals surface area contributed by atoms with Crippen LogP contribution in [0.3, 0.4) is 0 Å². The van der Waals surface area contributed by atoms with Gasteiger partial charge in [0, 0.05) is 12.4 Å². The number of amides is 2. The third-order valence-electron chi connectivity index (χ3n) is 4.10. The number of anilines is 1. The summed E-state index contributed by atoms with van der Waals surface area (Å²) in [7, 11) is 1.63. The molecule has 126 valence electrons. The zero-order valence-electron chi connectivity index (χ0n) is 13.8. The molecule has 0 aliphatic carbocycles. The van der Waals surface area contributed by atoms with Crippen molar-refractivity contribution in [2.24, 2.45) is 0 Å². The van der Waals surface area contributed by atoms with Gasteiger partial charge in [0.05, 0.1) is 17.3 Å². The number of carbonyl (C=O) groups excluding carboxylic acids is 1. The Morgan fingerprint density at radius 3 is 2.76 bits per heavy atom. The summed E-state index contributed by atoms with van der Waals surface area (Å²) in [6.07, 6.45) is 0. The van der Waals surface area contributed by atoms with Crippen LogP contribution in [0.25, 0.3) is 11.0 Å². The van der Waals surface area contributed by atoms with Crippen molar-refractivity contribution in [2.45, 2.75) is 13.0 Å². The first-order valence-corrected chi connectivity index (χ1v) is 7.71. The summed E-state index contributed by atoms with van der Waals surface area (Å²) in [5.41, 5.74) is 1.08. The molecule has 2 amide bonds. The number of nitrogens with zero attached hydrogens (tertiary/aromatic N) is 2. The van der Waals surface area contributed by atoms with Gasteiger partial charge in [0.2, 0.25) is 0 Å². The Balaban J connectivity index is 1.79. The number of nitrogens with one attached hydrogen (secondary N) is 1. The lowest BCUT2D eigenvalue weighted by Crippen LogP contribution is -2.33. The monoisotopic (exact) mass is 337 g/mol. The summed E-state index contributed by atoms with van der Waals surface area (Å²) < 4.78 is 19.0. The smallest absolute Gasteiger partial charge is 0.322 e. The Bertz CT molecular complexity index is 941. The molecule has 1 N–H and O–H groups in total. The third kappa shape index (κ3) is 3.31. The van der Waals surface area contributed by atoms with E-state index >= 15 is 0 Å². The van der Waals surface area contributed by atoms with Gasteiger partial charge in [-0.25, -0.2) is 9.18 Å². The zero-order valence-corrected chi connectivity index (χ0v) is 13.8. The molecule has 6 heteroatoms. The van der Waals surface area contributed by atoms with Crippen molar-refractivity contribution < 1.29 is 13.6 Å². The van der Waals surface area contributed by atoms with Crippen LogP contribution in [0.2, 0.25) is 0 Å². The highest BCUT2D eigenvalue weighted by molar-refractivity contribution is 5.91. The summed E-state index contributed by atoms with van der Waals surface area (Å²) in [4.78, 5) is 13.9. The minimum Gasteiger partial charge on any atom is -0.459 e. The molecule has 2 aromatic carbocycles. The SMILES string of the molecule is CC(c1cc2ccccc2o1)N(C)C(=O)Nc1ccc(F)cc1C#N. The largest absolute Gasteiger partial charge is 0.459 e. The van der Waals surface area contributed by atoms with Crippen LogP contribution >= 0.6 is 0 Å². The molecule has 0 aliphatic rings. The molecular formula is C19H16FN3O2. The summed E-state index contributed by atoms with van der Waals surface area (Å²) in [6, 6.07) is 14.3. The summed E-state index contributed by atoms with van der Waals surface area (Å²) in [6.45, 7) is 1.84. The summed E-state index contributed by atoms with van der Waals surface area (Å²) >= 11 is 0. The first-order valence-electron chi connectivity index (χ1n) is 7.71. The maximum atomic E-state index is 13.2. The van der Waals surface area contributed by atoms with Gasteiger partial charge in [0.25, 0.3) is 0 Å². The van der Waals surface area contributed by atoms with Crippen molar-refractivity contribution >= 4 is 22.7 Å². The van der Waals surface area contributed by atoms with Gasteiger partial charge in [0.15, 0.2) is 0 Å². The van der Waals surface area contributed by atoms with E-state index in [4.69, 9.17) is 9.68 Å². The minimum atomic E-state index is -0.529. The summed E-state index contributed by atoms with van der Waals surface area (Å²) in [5.74, 6) is 0.122.